The molecule has 0 spiro atoms. The van der Waals surface area contributed by atoms with Crippen molar-refractivity contribution in [3.63, 3.8) is 0 Å². The van der Waals surface area contributed by atoms with Gasteiger partial charge in [-0.05, 0) is 31.2 Å². The first-order valence-electron chi connectivity index (χ1n) is 13.2. The predicted octanol–water partition coefficient (Wildman–Crippen LogP) is 2.87. The molecule has 3 aromatic heterocycles. The van der Waals surface area contributed by atoms with Crippen molar-refractivity contribution in [2.75, 3.05) is 24.7 Å². The van der Waals surface area contributed by atoms with Gasteiger partial charge in [0.05, 0.1) is 18.9 Å². The van der Waals surface area contributed by atoms with Crippen molar-refractivity contribution in [1.82, 2.24) is 24.3 Å². The molecule has 1 aliphatic rings. The average Bonchev–Trinajstić information content (AvgIpc) is 3.44. The molecule has 1 fully saturated rings. The number of imidazole rings is 1. The lowest BCUT2D eigenvalue weighted by molar-refractivity contribution is -0.167. The lowest BCUT2D eigenvalue weighted by Gasteiger charge is -2.38. The molecule has 1 amide bonds. The van der Waals surface area contributed by atoms with Gasteiger partial charge in [0.15, 0.2) is 0 Å². The van der Waals surface area contributed by atoms with Crippen LogP contribution in [0, 0.1) is 18.6 Å². The molecule has 2 N–H and O–H groups in total. The number of amides is 1. The number of fused-ring (bicyclic) bond motifs is 1. The normalized spacial score (nSPS) is 16.2. The minimum atomic E-state index is -4.75. The molecule has 1 aliphatic heterocycles. The van der Waals surface area contributed by atoms with E-state index >= 15 is 8.78 Å². The van der Waals surface area contributed by atoms with Crippen molar-refractivity contribution in [2.24, 2.45) is 7.05 Å². The first-order valence-corrected chi connectivity index (χ1v) is 13.2. The zero-order valence-corrected chi connectivity index (χ0v) is 23.2. The topological polar surface area (TPSA) is 131 Å². The summed E-state index contributed by atoms with van der Waals surface area (Å²) in [5.74, 6) is -5.88. The third-order valence-corrected chi connectivity index (χ3v) is 7.19. The number of hydrogen-bond donors (Lipinski definition) is 2. The Morgan fingerprint density at radius 3 is 2.57 bits per heavy atom. The first-order chi connectivity index (χ1) is 20.8. The number of carboxylic acids is 1. The summed E-state index contributed by atoms with van der Waals surface area (Å²) < 4.78 is 78.2. The van der Waals surface area contributed by atoms with E-state index in [-0.39, 0.29) is 36.5 Å². The lowest BCUT2D eigenvalue weighted by Crippen LogP contribution is -2.53. The number of morpholine rings is 1. The quantitative estimate of drug-likeness (QED) is 0.302. The number of carboxylic acid groups (broad SMARTS) is 1. The van der Waals surface area contributed by atoms with Crippen molar-refractivity contribution in [3.05, 3.63) is 81.8 Å². The van der Waals surface area contributed by atoms with Gasteiger partial charge in [0, 0.05) is 55.5 Å². The molecule has 0 radical (unpaired) electrons. The summed E-state index contributed by atoms with van der Waals surface area (Å²) in [6.45, 7) is 0.563. The smallest absolute Gasteiger partial charge is 0.411 e. The highest BCUT2D eigenvalue weighted by atomic mass is 19.4. The molecule has 44 heavy (non-hydrogen) atoms. The van der Waals surface area contributed by atoms with Gasteiger partial charge >= 0.3 is 12.1 Å². The molecule has 1 aromatic carbocycles. The van der Waals surface area contributed by atoms with Crippen LogP contribution in [0.4, 0.5) is 27.6 Å². The van der Waals surface area contributed by atoms with Crippen LogP contribution in [0.2, 0.25) is 0 Å². The molecule has 4 aromatic rings. The fourth-order valence-electron chi connectivity index (χ4n) is 5.12. The number of carbonyl (C=O) groups excluding carboxylic acids is 1. The minimum absolute atomic E-state index is 0.109. The second-order valence-electron chi connectivity index (χ2n) is 10.2. The second kappa shape index (κ2) is 11.7. The number of alkyl halides is 3. The number of hydrogen-bond acceptors (Lipinski definition) is 7. The van der Waals surface area contributed by atoms with Crippen molar-refractivity contribution in [1.29, 1.82) is 0 Å². The van der Waals surface area contributed by atoms with Crippen LogP contribution >= 0.6 is 0 Å². The molecule has 16 heteroatoms. The number of benzene rings is 1. The maximum Gasteiger partial charge on any atom is 0.411 e. The standard InChI is InChI=1S/C28H25F5N6O5/c1-14-12-37(2)26(41)23(35-14)17-4-3-15(39-6-5-34-24(17)39)11-20(27(42)43)36-25(40)22-18(29)9-16(10-19(22)30)38-7-8-44-13-21(38)28(31,32)33/h3-6,9-10,12,20-21H,7-8,11,13H2,1-2H3,(H,36,40)(H,42,43). The highest BCUT2D eigenvalue weighted by molar-refractivity contribution is 5.97. The Balaban J connectivity index is 1.41. The zero-order valence-electron chi connectivity index (χ0n) is 23.2. The van der Waals surface area contributed by atoms with E-state index in [2.05, 4.69) is 15.3 Å². The number of nitrogens with one attached hydrogen (secondary N) is 1. The Kier molecular flexibility index (Phi) is 8.11. The molecule has 232 valence electrons. The van der Waals surface area contributed by atoms with Gasteiger partial charge in [0.1, 0.15) is 40.6 Å². The predicted molar refractivity (Wildman–Crippen MR) is 145 cm³/mol. The molecule has 0 saturated carbocycles. The van der Waals surface area contributed by atoms with E-state index < -0.39 is 59.6 Å². The number of ether oxygens (including phenoxy) is 1. The number of aromatic nitrogens is 4. The molecule has 0 bridgehead atoms. The minimum Gasteiger partial charge on any atom is -0.480 e. The number of nitrogens with zero attached hydrogens (tertiary/aromatic N) is 5. The van der Waals surface area contributed by atoms with E-state index in [0.717, 1.165) is 4.90 Å². The van der Waals surface area contributed by atoms with Crippen LogP contribution in [0.25, 0.3) is 16.9 Å². The average molecular weight is 621 g/mol. The van der Waals surface area contributed by atoms with Gasteiger partial charge in [0.25, 0.3) is 11.5 Å². The molecule has 11 nitrogen and oxygen atoms in total. The summed E-state index contributed by atoms with van der Waals surface area (Å²) in [7, 11) is 1.57. The highest BCUT2D eigenvalue weighted by Crippen LogP contribution is 2.33. The number of aliphatic carboxylic acids is 1. The van der Waals surface area contributed by atoms with Crippen LogP contribution in [0.15, 0.2) is 47.7 Å². The maximum atomic E-state index is 15.0. The number of anilines is 1. The second-order valence-corrected chi connectivity index (χ2v) is 10.2. The highest BCUT2D eigenvalue weighted by Gasteiger charge is 2.46. The number of carbonyl (C=O) groups is 2. The van der Waals surface area contributed by atoms with Gasteiger partial charge in [-0.15, -0.1) is 0 Å². The van der Waals surface area contributed by atoms with E-state index in [1.54, 1.807) is 20.2 Å². The van der Waals surface area contributed by atoms with Gasteiger partial charge in [-0.2, -0.15) is 13.2 Å². The Bertz CT molecular complexity index is 1800. The van der Waals surface area contributed by atoms with Crippen molar-refractivity contribution in [3.8, 4) is 11.3 Å². The lowest BCUT2D eigenvalue weighted by atomic mass is 10.1. The fraction of sp³-hybridized carbons (Fsp3) is 0.321. The van der Waals surface area contributed by atoms with Gasteiger partial charge in [-0.3, -0.25) is 9.59 Å². The molecule has 2 unspecified atom stereocenters. The Morgan fingerprint density at radius 2 is 1.91 bits per heavy atom. The van der Waals surface area contributed by atoms with Gasteiger partial charge < -0.3 is 29.0 Å². The third-order valence-electron chi connectivity index (χ3n) is 7.19. The van der Waals surface area contributed by atoms with E-state index in [0.29, 0.717) is 29.1 Å². The summed E-state index contributed by atoms with van der Waals surface area (Å²) in [4.78, 5) is 47.1. The Morgan fingerprint density at radius 1 is 1.20 bits per heavy atom. The van der Waals surface area contributed by atoms with E-state index in [1.807, 2.05) is 0 Å². The molecule has 5 rings (SSSR count). The van der Waals surface area contributed by atoms with Gasteiger partial charge in [0.2, 0.25) is 0 Å². The molecule has 0 aliphatic carbocycles. The van der Waals surface area contributed by atoms with Gasteiger partial charge in [-0.25, -0.2) is 23.5 Å². The number of aryl methyl sites for hydroxylation is 2. The number of halogens is 5. The van der Waals surface area contributed by atoms with Crippen molar-refractivity contribution >= 4 is 23.2 Å². The van der Waals surface area contributed by atoms with Crippen molar-refractivity contribution < 1.29 is 41.4 Å². The number of rotatable bonds is 7. The van der Waals surface area contributed by atoms with Crippen LogP contribution in [0.5, 0.6) is 0 Å². The Hall–Kier alpha value is -4.86. The molecule has 4 heterocycles. The molecular weight excluding hydrogens is 595 g/mol. The summed E-state index contributed by atoms with van der Waals surface area (Å²) >= 11 is 0. The van der Waals surface area contributed by atoms with E-state index in [9.17, 15) is 32.7 Å². The number of pyridine rings is 1. The molecular formula is C28H25F5N6O5. The van der Waals surface area contributed by atoms with Crippen LogP contribution in [0.1, 0.15) is 21.7 Å². The van der Waals surface area contributed by atoms with E-state index in [1.165, 1.54) is 33.5 Å². The maximum absolute atomic E-state index is 15.0. The Labute approximate surface area is 245 Å². The summed E-state index contributed by atoms with van der Waals surface area (Å²) in [6, 6.07) is 0.382. The SMILES string of the molecule is Cc1cn(C)c(=O)c(-c2ccc(CC(NC(=O)c3c(F)cc(N4CCOCC4C(F)(F)F)cc3F)C(=O)O)n3ccnc23)n1. The summed E-state index contributed by atoms with van der Waals surface area (Å²) in [5.41, 5.74) is -0.327. The van der Waals surface area contributed by atoms with Crippen LogP contribution in [0.3, 0.4) is 0 Å². The summed E-state index contributed by atoms with van der Waals surface area (Å²) in [5, 5.41) is 11.9. The fourth-order valence-corrected chi connectivity index (χ4v) is 5.12. The monoisotopic (exact) mass is 620 g/mol. The summed E-state index contributed by atoms with van der Waals surface area (Å²) in [6.07, 6.45) is -0.628. The largest absolute Gasteiger partial charge is 0.480 e. The van der Waals surface area contributed by atoms with Crippen LogP contribution in [-0.4, -0.2) is 73.9 Å². The molecule has 1 saturated heterocycles. The van der Waals surface area contributed by atoms with Gasteiger partial charge in [-0.1, -0.05) is 0 Å². The van der Waals surface area contributed by atoms with Crippen LogP contribution < -0.4 is 15.8 Å². The zero-order chi connectivity index (χ0) is 31.9. The van der Waals surface area contributed by atoms with Crippen molar-refractivity contribution in [2.45, 2.75) is 31.6 Å². The first kappa shape index (κ1) is 30.6. The molecule has 2 atom stereocenters. The third kappa shape index (κ3) is 5.84. The van der Waals surface area contributed by atoms with Crippen LogP contribution in [-0.2, 0) is 23.0 Å². The van der Waals surface area contributed by atoms with E-state index in [4.69, 9.17) is 4.74 Å².